The molecule has 0 aromatic carbocycles. The van der Waals surface area contributed by atoms with Crippen molar-refractivity contribution in [3.8, 4) is 0 Å². The Morgan fingerprint density at radius 3 is 2.70 bits per heavy atom. The number of rotatable bonds is 7. The summed E-state index contributed by atoms with van der Waals surface area (Å²) < 4.78 is 0. The average molecular weight is 425 g/mol. The molecule has 3 heterocycles. The number of carbonyl (C=O) groups is 2. The van der Waals surface area contributed by atoms with E-state index in [1.54, 1.807) is 24.5 Å². The number of anilines is 1. The van der Waals surface area contributed by atoms with E-state index in [1.807, 2.05) is 12.3 Å². The fraction of sp³-hybridized carbons (Fsp3) is 0.381. The minimum atomic E-state index is -0.382. The molecule has 0 radical (unpaired) electrons. The van der Waals surface area contributed by atoms with Gasteiger partial charge in [-0.1, -0.05) is 6.07 Å². The van der Waals surface area contributed by atoms with Gasteiger partial charge < -0.3 is 10.6 Å². The van der Waals surface area contributed by atoms with Gasteiger partial charge in [-0.3, -0.25) is 19.9 Å². The van der Waals surface area contributed by atoms with Crippen molar-refractivity contribution < 1.29 is 9.59 Å². The third-order valence-electron chi connectivity index (χ3n) is 5.23. The summed E-state index contributed by atoms with van der Waals surface area (Å²) in [6.07, 6.45) is 12.3. The highest BCUT2D eigenvalue weighted by molar-refractivity contribution is 8.18. The average Bonchev–Trinajstić information content (AvgIpc) is 3.07. The van der Waals surface area contributed by atoms with Gasteiger partial charge in [0.25, 0.3) is 11.1 Å². The first-order valence-corrected chi connectivity index (χ1v) is 10.9. The maximum absolute atomic E-state index is 11.7. The van der Waals surface area contributed by atoms with E-state index in [0.29, 0.717) is 28.6 Å². The summed E-state index contributed by atoms with van der Waals surface area (Å²) in [5, 5.41) is 8.94. The van der Waals surface area contributed by atoms with E-state index in [-0.39, 0.29) is 11.1 Å². The highest BCUT2D eigenvalue weighted by atomic mass is 32.2. The number of nitrogens with zero attached hydrogens (tertiary/aromatic N) is 3. The number of pyridine rings is 1. The molecule has 1 aliphatic carbocycles. The summed E-state index contributed by atoms with van der Waals surface area (Å²) in [5.74, 6) is 0.166. The summed E-state index contributed by atoms with van der Waals surface area (Å²) in [7, 11) is 0. The Balaban J connectivity index is 1.24. The molecule has 3 N–H and O–H groups in total. The van der Waals surface area contributed by atoms with Gasteiger partial charge in [-0.15, -0.1) is 0 Å². The standard InChI is InChI=1S/C21H24N6O2S/c28-19-18(30-21(29)27-19)12-17-8-11-24-20(26-17)25-16-5-3-15(4-6-16)23-10-7-14-2-1-9-22-13-14/h1-2,8-9,11-13,15-16,23H,3-7,10H2,(H,24,25,26)(H,27,28,29)/b18-12-/t15-,16-. The number of aromatic nitrogens is 3. The zero-order chi connectivity index (χ0) is 20.8. The first kappa shape index (κ1) is 20.5. The van der Waals surface area contributed by atoms with Crippen molar-refractivity contribution in [1.29, 1.82) is 0 Å². The molecule has 0 unspecified atom stereocenters. The largest absolute Gasteiger partial charge is 0.351 e. The Kier molecular flexibility index (Phi) is 6.70. The van der Waals surface area contributed by atoms with Crippen LogP contribution in [0.25, 0.3) is 6.08 Å². The summed E-state index contributed by atoms with van der Waals surface area (Å²) in [4.78, 5) is 36.2. The summed E-state index contributed by atoms with van der Waals surface area (Å²) in [6, 6.07) is 6.66. The molecule has 8 nitrogen and oxygen atoms in total. The topological polar surface area (TPSA) is 109 Å². The van der Waals surface area contributed by atoms with Gasteiger partial charge in [0.1, 0.15) is 0 Å². The summed E-state index contributed by atoms with van der Waals surface area (Å²) in [5.41, 5.74) is 1.86. The lowest BCUT2D eigenvalue weighted by molar-refractivity contribution is -0.115. The van der Waals surface area contributed by atoms with E-state index < -0.39 is 0 Å². The number of thioether (sulfide) groups is 1. The lowest BCUT2D eigenvalue weighted by Gasteiger charge is -2.29. The van der Waals surface area contributed by atoms with E-state index in [0.717, 1.165) is 50.4 Å². The van der Waals surface area contributed by atoms with Crippen LogP contribution in [0.1, 0.15) is 36.9 Å². The molecule has 1 saturated heterocycles. The smallest absolute Gasteiger partial charge is 0.290 e. The molecule has 30 heavy (non-hydrogen) atoms. The maximum Gasteiger partial charge on any atom is 0.290 e. The van der Waals surface area contributed by atoms with Crippen LogP contribution in [0.2, 0.25) is 0 Å². The highest BCUT2D eigenvalue weighted by Crippen LogP contribution is 2.25. The SMILES string of the molecule is O=C1NC(=O)/C(=C/c2ccnc(N[C@H]3CC[C@H](NCCc4cccnc4)CC3)n2)S1. The molecule has 1 saturated carbocycles. The number of hydrogen-bond donors (Lipinski definition) is 3. The molecule has 0 spiro atoms. The normalized spacial score (nSPS) is 22.9. The Hall–Kier alpha value is -2.78. The number of amides is 2. The van der Waals surface area contributed by atoms with Crippen molar-refractivity contribution in [3.05, 3.63) is 53.0 Å². The second-order valence-electron chi connectivity index (χ2n) is 7.42. The van der Waals surface area contributed by atoms with Crippen molar-refractivity contribution in [2.24, 2.45) is 0 Å². The number of hydrogen-bond acceptors (Lipinski definition) is 8. The molecule has 0 atom stereocenters. The van der Waals surface area contributed by atoms with Crippen molar-refractivity contribution >= 4 is 34.9 Å². The molecule has 0 bridgehead atoms. The first-order chi connectivity index (χ1) is 14.7. The predicted molar refractivity (Wildman–Crippen MR) is 117 cm³/mol. The number of nitrogens with one attached hydrogen (secondary N) is 3. The van der Waals surface area contributed by atoms with Gasteiger partial charge in [-0.05, 0) is 74.2 Å². The van der Waals surface area contributed by atoms with Gasteiger partial charge in [0.2, 0.25) is 5.95 Å². The second kappa shape index (κ2) is 9.82. The molecule has 9 heteroatoms. The van der Waals surface area contributed by atoms with E-state index in [2.05, 4.69) is 37.0 Å². The predicted octanol–water partition coefficient (Wildman–Crippen LogP) is 2.75. The molecule has 2 fully saturated rings. The van der Waals surface area contributed by atoms with Gasteiger partial charge in [-0.2, -0.15) is 0 Å². The molecular formula is C21H24N6O2S. The second-order valence-corrected chi connectivity index (χ2v) is 8.43. The summed E-state index contributed by atoms with van der Waals surface area (Å²) in [6.45, 7) is 0.961. The van der Waals surface area contributed by atoms with Crippen LogP contribution >= 0.6 is 11.8 Å². The third-order valence-corrected chi connectivity index (χ3v) is 6.04. The number of imide groups is 1. The third kappa shape index (κ3) is 5.64. The molecule has 2 aliphatic rings. The zero-order valence-electron chi connectivity index (χ0n) is 16.5. The molecular weight excluding hydrogens is 400 g/mol. The van der Waals surface area contributed by atoms with Crippen LogP contribution in [-0.4, -0.2) is 44.7 Å². The first-order valence-electron chi connectivity index (χ1n) is 10.1. The van der Waals surface area contributed by atoms with Crippen LogP contribution in [0.5, 0.6) is 0 Å². The van der Waals surface area contributed by atoms with Crippen LogP contribution in [0.15, 0.2) is 41.7 Å². The van der Waals surface area contributed by atoms with Gasteiger partial charge in [0.15, 0.2) is 0 Å². The van der Waals surface area contributed by atoms with E-state index in [9.17, 15) is 9.59 Å². The van der Waals surface area contributed by atoms with Crippen molar-refractivity contribution in [1.82, 2.24) is 25.6 Å². The monoisotopic (exact) mass is 424 g/mol. The lowest BCUT2D eigenvalue weighted by atomic mass is 9.91. The van der Waals surface area contributed by atoms with E-state index >= 15 is 0 Å². The Morgan fingerprint density at radius 2 is 1.97 bits per heavy atom. The minimum absolute atomic E-state index is 0.329. The fourth-order valence-electron chi connectivity index (χ4n) is 3.67. The molecule has 156 valence electrons. The quantitative estimate of drug-likeness (QED) is 0.582. The van der Waals surface area contributed by atoms with Crippen LogP contribution in [0, 0.1) is 0 Å². The van der Waals surface area contributed by atoms with E-state index in [4.69, 9.17) is 0 Å². The maximum atomic E-state index is 11.7. The molecule has 2 amide bonds. The van der Waals surface area contributed by atoms with Gasteiger partial charge >= 0.3 is 0 Å². The van der Waals surface area contributed by atoms with Crippen LogP contribution in [-0.2, 0) is 11.2 Å². The zero-order valence-corrected chi connectivity index (χ0v) is 17.3. The highest BCUT2D eigenvalue weighted by Gasteiger charge is 2.25. The summed E-state index contributed by atoms with van der Waals surface area (Å²) >= 11 is 0.885. The van der Waals surface area contributed by atoms with Gasteiger partial charge in [-0.25, -0.2) is 9.97 Å². The van der Waals surface area contributed by atoms with Crippen LogP contribution < -0.4 is 16.0 Å². The number of carbonyl (C=O) groups excluding carboxylic acids is 2. The molecule has 1 aliphatic heterocycles. The Bertz CT molecular complexity index is 928. The van der Waals surface area contributed by atoms with Gasteiger partial charge in [0, 0.05) is 30.7 Å². The van der Waals surface area contributed by atoms with Crippen molar-refractivity contribution in [3.63, 3.8) is 0 Å². The molecule has 4 rings (SSSR count). The fourth-order valence-corrected chi connectivity index (χ4v) is 4.34. The Morgan fingerprint density at radius 1 is 1.13 bits per heavy atom. The molecule has 2 aromatic rings. The Labute approximate surface area is 179 Å². The van der Waals surface area contributed by atoms with Crippen LogP contribution in [0.3, 0.4) is 0 Å². The van der Waals surface area contributed by atoms with Crippen molar-refractivity contribution in [2.45, 2.75) is 44.2 Å². The van der Waals surface area contributed by atoms with E-state index in [1.165, 1.54) is 5.56 Å². The van der Waals surface area contributed by atoms with Gasteiger partial charge in [0.05, 0.1) is 10.6 Å². The molecule has 2 aromatic heterocycles. The van der Waals surface area contributed by atoms with Crippen LogP contribution in [0.4, 0.5) is 10.7 Å². The lowest BCUT2D eigenvalue weighted by Crippen LogP contribution is -2.38. The minimum Gasteiger partial charge on any atom is -0.351 e. The van der Waals surface area contributed by atoms with Crippen molar-refractivity contribution in [2.75, 3.05) is 11.9 Å².